The molecule has 0 spiro atoms. The maximum Gasteiger partial charge on any atom is 0.108 e. The number of halogens is 1. The Hall–Kier alpha value is -0.380. The van der Waals surface area contributed by atoms with Gasteiger partial charge in [-0.25, -0.2) is 0 Å². The second-order valence-electron chi connectivity index (χ2n) is 5.38. The molecule has 0 N–H and O–H groups in total. The molecule has 6 heteroatoms. The predicted molar refractivity (Wildman–Crippen MR) is 86.7 cm³/mol. The van der Waals surface area contributed by atoms with Crippen molar-refractivity contribution in [3.63, 3.8) is 0 Å². The third kappa shape index (κ3) is 4.30. The zero-order chi connectivity index (χ0) is 15.2. The zero-order valence-corrected chi connectivity index (χ0v) is 13.9. The van der Waals surface area contributed by atoms with E-state index in [2.05, 4.69) is 10.8 Å². The quantitative estimate of drug-likeness (QED) is 0.444. The number of nitrogens with zero attached hydrogens (tertiary/aromatic N) is 1. The largest absolute Gasteiger partial charge is 0.379 e. The average molecular weight is 332 g/mol. The van der Waals surface area contributed by atoms with Crippen molar-refractivity contribution < 1.29 is 14.2 Å². The Morgan fingerprint density at radius 1 is 1.43 bits per heavy atom. The van der Waals surface area contributed by atoms with E-state index in [0.29, 0.717) is 0 Å². The molecule has 0 radical (unpaired) electrons. The Morgan fingerprint density at radius 3 is 2.76 bits per heavy atom. The van der Waals surface area contributed by atoms with Gasteiger partial charge in [-0.2, -0.15) is 0 Å². The number of terminal acetylenes is 1. The van der Waals surface area contributed by atoms with E-state index >= 15 is 0 Å². The van der Waals surface area contributed by atoms with Gasteiger partial charge in [-0.15, -0.1) is 18.0 Å². The number of morpholine rings is 1. The lowest BCUT2D eigenvalue weighted by atomic mass is 9.84. The minimum absolute atomic E-state index is 0.0707. The fourth-order valence-corrected chi connectivity index (χ4v) is 3.80. The topological polar surface area (TPSA) is 30.9 Å². The van der Waals surface area contributed by atoms with E-state index in [9.17, 15) is 0 Å². The van der Waals surface area contributed by atoms with Crippen LogP contribution in [0.25, 0.3) is 0 Å². The summed E-state index contributed by atoms with van der Waals surface area (Å²) in [6, 6.07) is 0. The first-order valence-electron chi connectivity index (χ1n) is 7.25. The van der Waals surface area contributed by atoms with Gasteiger partial charge in [0.25, 0.3) is 0 Å². The first kappa shape index (κ1) is 17.0. The van der Waals surface area contributed by atoms with Crippen molar-refractivity contribution in [2.45, 2.75) is 30.4 Å². The summed E-state index contributed by atoms with van der Waals surface area (Å²) in [6.45, 7) is 3.44. The Kier molecular flexibility index (Phi) is 6.72. The third-order valence-electron chi connectivity index (χ3n) is 4.08. The lowest BCUT2D eigenvalue weighted by Gasteiger charge is -2.41. The number of rotatable bonds is 4. The number of hydrogen-bond acceptors (Lipinski definition) is 4. The van der Waals surface area contributed by atoms with Crippen molar-refractivity contribution in [3.8, 4) is 12.3 Å². The van der Waals surface area contributed by atoms with Crippen LogP contribution in [0.1, 0.15) is 12.8 Å². The van der Waals surface area contributed by atoms with Crippen LogP contribution in [0.4, 0.5) is 0 Å². The lowest BCUT2D eigenvalue weighted by Crippen LogP contribution is -2.50. The van der Waals surface area contributed by atoms with Gasteiger partial charge in [0.2, 0.25) is 0 Å². The second-order valence-corrected chi connectivity index (χ2v) is 6.35. The molecule has 4 unspecified atom stereocenters. The molecule has 1 saturated carbocycles. The molecular weight excluding hydrogens is 310 g/mol. The fourth-order valence-electron chi connectivity index (χ4n) is 2.98. The van der Waals surface area contributed by atoms with Crippen LogP contribution in [-0.2, 0) is 14.2 Å². The van der Waals surface area contributed by atoms with Crippen LogP contribution in [0.15, 0.2) is 0 Å². The smallest absolute Gasteiger partial charge is 0.108 e. The van der Waals surface area contributed by atoms with Crippen LogP contribution in [0, 0.1) is 18.3 Å². The maximum atomic E-state index is 6.49. The highest BCUT2D eigenvalue weighted by Crippen LogP contribution is 2.34. The minimum Gasteiger partial charge on any atom is -0.379 e. The van der Waals surface area contributed by atoms with Gasteiger partial charge in [-0.3, -0.25) is 0 Å². The second kappa shape index (κ2) is 8.30. The molecule has 1 heterocycles. The molecule has 0 bridgehead atoms. The number of hydrogen-bond donors (Lipinski definition) is 0. The molecule has 4 atom stereocenters. The predicted octanol–water partition coefficient (Wildman–Crippen LogP) is 1.70. The highest BCUT2D eigenvalue weighted by molar-refractivity contribution is 7.80. The van der Waals surface area contributed by atoms with Crippen molar-refractivity contribution in [3.05, 3.63) is 0 Å². The first-order chi connectivity index (χ1) is 10.2. The van der Waals surface area contributed by atoms with Crippen LogP contribution in [0.3, 0.4) is 0 Å². The highest BCUT2D eigenvalue weighted by atomic mass is 35.5. The molecule has 0 aromatic carbocycles. The molecule has 2 rings (SSSR count). The van der Waals surface area contributed by atoms with Gasteiger partial charge >= 0.3 is 0 Å². The van der Waals surface area contributed by atoms with Gasteiger partial charge in [-0.05, 0) is 12.8 Å². The SMILES string of the molecule is C#CCOC1C(Cl)CC(C(=S)N2CCOCC2)CC1OC. The lowest BCUT2D eigenvalue weighted by molar-refractivity contribution is -0.0711. The summed E-state index contributed by atoms with van der Waals surface area (Å²) < 4.78 is 16.6. The van der Waals surface area contributed by atoms with E-state index in [-0.39, 0.29) is 30.1 Å². The van der Waals surface area contributed by atoms with Gasteiger partial charge in [0.05, 0.1) is 29.7 Å². The summed E-state index contributed by atoms with van der Waals surface area (Å²) >= 11 is 12.2. The van der Waals surface area contributed by atoms with Crippen molar-refractivity contribution in [2.24, 2.45) is 5.92 Å². The molecular formula is C15H22ClNO3S. The van der Waals surface area contributed by atoms with E-state index in [0.717, 1.165) is 44.1 Å². The first-order valence-corrected chi connectivity index (χ1v) is 8.10. The Balaban J connectivity index is 1.97. The molecule has 2 aliphatic rings. The third-order valence-corrected chi connectivity index (χ3v) is 5.10. The number of thiocarbonyl (C=S) groups is 1. The van der Waals surface area contributed by atoms with Crippen molar-refractivity contribution in [1.82, 2.24) is 4.90 Å². The van der Waals surface area contributed by atoms with Gasteiger partial charge in [0.15, 0.2) is 0 Å². The van der Waals surface area contributed by atoms with E-state index in [1.54, 1.807) is 7.11 Å². The molecule has 0 aromatic rings. The molecule has 1 aliphatic carbocycles. The number of alkyl halides is 1. The number of methoxy groups -OCH3 is 1. The van der Waals surface area contributed by atoms with E-state index in [1.165, 1.54) is 0 Å². The monoisotopic (exact) mass is 331 g/mol. The summed E-state index contributed by atoms with van der Waals surface area (Å²) in [4.78, 5) is 3.20. The molecule has 118 valence electrons. The van der Waals surface area contributed by atoms with Gasteiger partial charge in [0, 0.05) is 26.1 Å². The fraction of sp³-hybridized carbons (Fsp3) is 0.800. The van der Waals surface area contributed by atoms with Gasteiger partial charge in [-0.1, -0.05) is 18.1 Å². The number of ether oxygens (including phenoxy) is 3. The Bertz CT molecular complexity index is 395. The molecule has 21 heavy (non-hydrogen) atoms. The van der Waals surface area contributed by atoms with Crippen molar-refractivity contribution in [1.29, 1.82) is 0 Å². The zero-order valence-electron chi connectivity index (χ0n) is 12.3. The summed E-state index contributed by atoms with van der Waals surface area (Å²) in [5.41, 5.74) is 0. The Labute approximate surface area is 137 Å². The molecule has 0 aromatic heterocycles. The Morgan fingerprint density at radius 2 is 2.14 bits per heavy atom. The maximum absolute atomic E-state index is 6.49. The van der Waals surface area contributed by atoms with E-state index in [1.807, 2.05) is 0 Å². The summed E-state index contributed by atoms with van der Waals surface area (Å²) in [6.07, 6.45) is 6.64. The molecule has 1 aliphatic heterocycles. The van der Waals surface area contributed by atoms with Crippen LogP contribution < -0.4 is 0 Å². The summed E-state index contributed by atoms with van der Waals surface area (Å²) in [7, 11) is 1.68. The highest BCUT2D eigenvalue weighted by Gasteiger charge is 2.40. The van der Waals surface area contributed by atoms with Crippen LogP contribution >= 0.6 is 23.8 Å². The minimum atomic E-state index is -0.170. The average Bonchev–Trinajstić information content (AvgIpc) is 2.53. The van der Waals surface area contributed by atoms with Crippen molar-refractivity contribution >= 4 is 28.8 Å². The molecule has 4 nitrogen and oxygen atoms in total. The molecule has 2 fully saturated rings. The molecule has 1 saturated heterocycles. The normalized spacial score (nSPS) is 33.5. The van der Waals surface area contributed by atoms with Gasteiger partial charge < -0.3 is 19.1 Å². The standard InChI is InChI=1S/C15H22ClNO3S/c1-3-6-20-14-12(16)9-11(10-13(14)18-2)15(21)17-4-7-19-8-5-17/h1,11-14H,4-10H2,2H3. The van der Waals surface area contributed by atoms with Crippen LogP contribution in [0.2, 0.25) is 0 Å². The summed E-state index contributed by atoms with van der Waals surface area (Å²) in [5.74, 6) is 2.73. The molecule has 0 amide bonds. The van der Waals surface area contributed by atoms with E-state index < -0.39 is 0 Å². The van der Waals surface area contributed by atoms with Crippen LogP contribution in [0.5, 0.6) is 0 Å². The van der Waals surface area contributed by atoms with Gasteiger partial charge in [0.1, 0.15) is 12.7 Å². The van der Waals surface area contributed by atoms with E-state index in [4.69, 9.17) is 44.5 Å². The van der Waals surface area contributed by atoms with Crippen molar-refractivity contribution in [2.75, 3.05) is 40.0 Å². The summed E-state index contributed by atoms with van der Waals surface area (Å²) in [5, 5.41) is -0.138. The van der Waals surface area contributed by atoms with Crippen LogP contribution in [-0.4, -0.2) is 67.5 Å².